The summed E-state index contributed by atoms with van der Waals surface area (Å²) in [7, 11) is 0. The highest BCUT2D eigenvalue weighted by Gasteiger charge is 2.16. The van der Waals surface area contributed by atoms with Crippen molar-refractivity contribution >= 4 is 12.6 Å². The molecule has 0 saturated carbocycles. The first-order valence-electron chi connectivity index (χ1n) is 6.50. The van der Waals surface area contributed by atoms with Gasteiger partial charge in [0, 0.05) is 10.5 Å². The van der Waals surface area contributed by atoms with Crippen LogP contribution in [0.1, 0.15) is 25.2 Å². The zero-order valence-corrected chi connectivity index (χ0v) is 13.0. The molecule has 0 aliphatic rings. The van der Waals surface area contributed by atoms with Crippen LogP contribution in [0.4, 0.5) is 0 Å². The van der Waals surface area contributed by atoms with Gasteiger partial charge in [-0.2, -0.15) is 0 Å². The maximum absolute atomic E-state index is 12.0. The van der Waals surface area contributed by atoms with E-state index in [-0.39, 0.29) is 11.9 Å². The summed E-state index contributed by atoms with van der Waals surface area (Å²) >= 11 is 4.50. The molecule has 20 heavy (non-hydrogen) atoms. The van der Waals surface area contributed by atoms with Crippen molar-refractivity contribution in [3.05, 3.63) is 46.0 Å². The number of ether oxygens (including phenoxy) is 1. The van der Waals surface area contributed by atoms with E-state index in [1.165, 1.54) is 0 Å². The Hall–Kier alpha value is -1.68. The first-order valence-corrected chi connectivity index (χ1v) is 6.94. The molecule has 2 rings (SSSR count). The average molecular weight is 290 g/mol. The Bertz CT molecular complexity index is 687. The van der Waals surface area contributed by atoms with Crippen molar-refractivity contribution in [3.8, 4) is 16.9 Å². The molecule has 0 amide bonds. The molecule has 2 aromatic rings. The number of benzene rings is 1. The van der Waals surface area contributed by atoms with Gasteiger partial charge in [-0.05, 0) is 51.0 Å². The van der Waals surface area contributed by atoms with Crippen molar-refractivity contribution < 1.29 is 9.15 Å². The Balaban J connectivity index is 2.68. The summed E-state index contributed by atoms with van der Waals surface area (Å²) in [5.41, 5.74) is 2.25. The lowest BCUT2D eigenvalue weighted by Gasteiger charge is -2.14. The first-order chi connectivity index (χ1) is 9.38. The van der Waals surface area contributed by atoms with Crippen molar-refractivity contribution in [1.82, 2.24) is 0 Å². The summed E-state index contributed by atoms with van der Waals surface area (Å²) in [5.74, 6) is 0.791. The molecule has 0 aliphatic carbocycles. The third-order valence-electron chi connectivity index (χ3n) is 2.83. The topological polar surface area (TPSA) is 39.4 Å². The molecule has 0 fully saturated rings. The number of hydrogen-bond acceptors (Lipinski definition) is 4. The molecule has 106 valence electrons. The van der Waals surface area contributed by atoms with E-state index in [2.05, 4.69) is 12.6 Å². The van der Waals surface area contributed by atoms with Crippen molar-refractivity contribution in [1.29, 1.82) is 0 Å². The minimum Gasteiger partial charge on any atom is -0.483 e. The van der Waals surface area contributed by atoms with Crippen LogP contribution in [0.25, 0.3) is 11.1 Å². The molecule has 1 aromatic carbocycles. The predicted octanol–water partition coefficient (Wildman–Crippen LogP) is 4.00. The highest BCUT2D eigenvalue weighted by Crippen LogP contribution is 2.33. The molecule has 0 aliphatic heterocycles. The number of rotatable bonds is 3. The predicted molar refractivity (Wildman–Crippen MR) is 82.9 cm³/mol. The molecule has 0 bridgehead atoms. The summed E-state index contributed by atoms with van der Waals surface area (Å²) in [4.78, 5) is 12.8. The smallest absolute Gasteiger partial charge is 0.379 e. The summed E-state index contributed by atoms with van der Waals surface area (Å²) < 4.78 is 10.8. The molecule has 0 spiro atoms. The minimum atomic E-state index is -0.456. The highest BCUT2D eigenvalue weighted by atomic mass is 32.1. The van der Waals surface area contributed by atoms with Gasteiger partial charge in [0.15, 0.2) is 0 Å². The molecular weight excluding hydrogens is 272 g/mol. The van der Waals surface area contributed by atoms with Gasteiger partial charge in [-0.3, -0.25) is 0 Å². The summed E-state index contributed by atoms with van der Waals surface area (Å²) in [5, 5.41) is 0. The second-order valence-corrected chi connectivity index (χ2v) is 5.56. The fourth-order valence-corrected chi connectivity index (χ4v) is 2.42. The van der Waals surface area contributed by atoms with Crippen LogP contribution in [0.2, 0.25) is 0 Å². The molecule has 0 radical (unpaired) electrons. The van der Waals surface area contributed by atoms with Crippen LogP contribution in [-0.2, 0) is 0 Å². The van der Waals surface area contributed by atoms with Gasteiger partial charge < -0.3 is 9.15 Å². The van der Waals surface area contributed by atoms with Gasteiger partial charge >= 0.3 is 5.63 Å². The molecular formula is C16H18O3S. The van der Waals surface area contributed by atoms with Gasteiger partial charge in [-0.15, -0.1) is 12.6 Å². The van der Waals surface area contributed by atoms with E-state index in [4.69, 9.17) is 9.15 Å². The highest BCUT2D eigenvalue weighted by molar-refractivity contribution is 7.80. The molecule has 0 saturated heterocycles. The fourth-order valence-electron chi connectivity index (χ4n) is 2.02. The van der Waals surface area contributed by atoms with Gasteiger partial charge in [0.2, 0.25) is 5.75 Å². The average Bonchev–Trinajstić information content (AvgIpc) is 2.32. The monoisotopic (exact) mass is 290 g/mol. The van der Waals surface area contributed by atoms with Crippen molar-refractivity contribution in [3.63, 3.8) is 0 Å². The van der Waals surface area contributed by atoms with E-state index >= 15 is 0 Å². The Morgan fingerprint density at radius 3 is 2.45 bits per heavy atom. The third-order valence-corrected chi connectivity index (χ3v) is 3.20. The van der Waals surface area contributed by atoms with Gasteiger partial charge in [0.05, 0.1) is 6.10 Å². The molecule has 3 nitrogen and oxygen atoms in total. The van der Waals surface area contributed by atoms with E-state index in [1.807, 2.05) is 45.0 Å². The molecule has 4 heteroatoms. The van der Waals surface area contributed by atoms with Gasteiger partial charge in [-0.1, -0.05) is 12.1 Å². The number of hydrogen-bond donors (Lipinski definition) is 1. The van der Waals surface area contributed by atoms with E-state index in [0.29, 0.717) is 5.76 Å². The van der Waals surface area contributed by atoms with E-state index in [0.717, 1.165) is 21.6 Å². The molecule has 1 heterocycles. The SMILES string of the molecule is Cc1ccc(-c2cc(C)oc(=O)c2OC(C)C)c(S)c1. The second-order valence-electron chi connectivity index (χ2n) is 5.07. The maximum Gasteiger partial charge on any atom is 0.379 e. The molecule has 0 N–H and O–H groups in total. The first kappa shape index (κ1) is 14.7. The Morgan fingerprint density at radius 2 is 1.85 bits per heavy atom. The summed E-state index contributed by atoms with van der Waals surface area (Å²) in [6.45, 7) is 7.50. The van der Waals surface area contributed by atoms with Crippen LogP contribution in [0.15, 0.2) is 38.4 Å². The maximum atomic E-state index is 12.0. The second kappa shape index (κ2) is 5.75. The lowest BCUT2D eigenvalue weighted by molar-refractivity contribution is 0.230. The van der Waals surface area contributed by atoms with E-state index in [1.54, 1.807) is 6.92 Å². The van der Waals surface area contributed by atoms with E-state index < -0.39 is 5.63 Å². The van der Waals surface area contributed by atoms with Crippen LogP contribution in [0.5, 0.6) is 5.75 Å². The van der Waals surface area contributed by atoms with Gasteiger partial charge in [-0.25, -0.2) is 4.79 Å². The minimum absolute atomic E-state index is 0.104. The zero-order valence-electron chi connectivity index (χ0n) is 12.1. The Morgan fingerprint density at radius 1 is 1.15 bits per heavy atom. The largest absolute Gasteiger partial charge is 0.483 e. The number of thiol groups is 1. The van der Waals surface area contributed by atoms with Gasteiger partial charge in [0.25, 0.3) is 0 Å². The van der Waals surface area contributed by atoms with Crippen molar-refractivity contribution in [2.24, 2.45) is 0 Å². The zero-order chi connectivity index (χ0) is 14.9. The van der Waals surface area contributed by atoms with Gasteiger partial charge in [0.1, 0.15) is 5.76 Å². The van der Waals surface area contributed by atoms with Crippen molar-refractivity contribution in [2.45, 2.75) is 38.7 Å². The van der Waals surface area contributed by atoms with Crippen LogP contribution in [-0.4, -0.2) is 6.10 Å². The number of aryl methyl sites for hydroxylation is 2. The fraction of sp³-hybridized carbons (Fsp3) is 0.312. The van der Waals surface area contributed by atoms with Crippen LogP contribution in [0, 0.1) is 13.8 Å². The Kier molecular flexibility index (Phi) is 4.23. The Labute approximate surface area is 124 Å². The van der Waals surface area contributed by atoms with Crippen LogP contribution in [0.3, 0.4) is 0 Å². The molecule has 0 atom stereocenters. The standard InChI is InChI=1S/C16H18O3S/c1-9(2)18-15-13(8-11(4)19-16(15)17)12-6-5-10(3)7-14(12)20/h5-9,20H,1-4H3. The lowest BCUT2D eigenvalue weighted by atomic mass is 10.0. The normalized spacial score (nSPS) is 10.9. The lowest BCUT2D eigenvalue weighted by Crippen LogP contribution is -2.15. The van der Waals surface area contributed by atoms with Crippen molar-refractivity contribution in [2.75, 3.05) is 0 Å². The van der Waals surface area contributed by atoms with E-state index in [9.17, 15) is 4.79 Å². The third kappa shape index (κ3) is 3.07. The molecule has 1 aromatic heterocycles. The summed E-state index contributed by atoms with van der Waals surface area (Å²) in [6.07, 6.45) is -0.104. The van der Waals surface area contributed by atoms with Crippen LogP contribution >= 0.6 is 12.6 Å². The van der Waals surface area contributed by atoms with Crippen LogP contribution < -0.4 is 10.4 Å². The summed E-state index contributed by atoms with van der Waals surface area (Å²) in [6, 6.07) is 7.70. The quantitative estimate of drug-likeness (QED) is 0.868. The molecule has 0 unspecified atom stereocenters.